The third-order valence-corrected chi connectivity index (χ3v) is 8.41. The van der Waals surface area contributed by atoms with E-state index < -0.39 is 17.9 Å². The predicted molar refractivity (Wildman–Crippen MR) is 170 cm³/mol. The van der Waals surface area contributed by atoms with E-state index >= 15 is 0 Å². The summed E-state index contributed by atoms with van der Waals surface area (Å²) in [4.78, 5) is 28.8. The predicted octanol–water partition coefficient (Wildman–Crippen LogP) is 3.20. The Morgan fingerprint density at radius 1 is 0.833 bits per heavy atom. The van der Waals surface area contributed by atoms with Crippen LogP contribution in [-0.4, -0.2) is 36.2 Å². The molecule has 1 unspecified atom stereocenters. The van der Waals surface area contributed by atoms with E-state index in [2.05, 4.69) is 71.1 Å². The zero-order chi connectivity index (χ0) is 29.2. The Morgan fingerprint density at radius 3 is 2.19 bits per heavy atom. The first kappa shape index (κ1) is 33.4. The van der Waals surface area contributed by atoms with Gasteiger partial charge in [-0.25, -0.2) is 0 Å². The third kappa shape index (κ3) is 8.72. The van der Waals surface area contributed by atoms with E-state index in [0.29, 0.717) is 24.3 Å². The number of amides is 1. The van der Waals surface area contributed by atoms with Crippen LogP contribution < -0.4 is 34.2 Å². The van der Waals surface area contributed by atoms with Gasteiger partial charge >= 0.3 is 18.9 Å². The average Bonchev–Trinajstić information content (AvgIpc) is 2.99. The summed E-state index contributed by atoms with van der Waals surface area (Å²) in [5, 5.41) is 14.5. The van der Waals surface area contributed by atoms with E-state index in [1.54, 1.807) is 11.8 Å². The summed E-state index contributed by atoms with van der Waals surface area (Å²) in [6.07, 6.45) is 4.29. The smallest absolute Gasteiger partial charge is 0.548 e. The van der Waals surface area contributed by atoms with Crippen LogP contribution in [0.25, 0.3) is 11.1 Å². The summed E-state index contributed by atoms with van der Waals surface area (Å²) >= 11 is 3.25. The molecule has 0 fully saturated rings. The zero-order valence-electron chi connectivity index (χ0n) is 24.6. The number of carbonyl (C=O) groups excluding carboxylic acids is 2. The summed E-state index contributed by atoms with van der Waals surface area (Å²) < 4.78 is 0. The Morgan fingerprint density at radius 2 is 1.50 bits per heavy atom. The molecule has 1 amide bonds. The van der Waals surface area contributed by atoms with Crippen LogP contribution in [-0.2, 0) is 17.9 Å². The van der Waals surface area contributed by atoms with E-state index in [-0.39, 0.29) is 18.9 Å². The molecular formula is C34H35LiN2O3S2. The van der Waals surface area contributed by atoms with Crippen molar-refractivity contribution in [3.63, 3.8) is 0 Å². The van der Waals surface area contributed by atoms with Gasteiger partial charge in [-0.2, -0.15) is 11.8 Å². The molecule has 0 aliphatic rings. The molecule has 212 valence electrons. The number of aliphatic carboxylic acids is 1. The van der Waals surface area contributed by atoms with Gasteiger partial charge in [0, 0.05) is 23.5 Å². The van der Waals surface area contributed by atoms with Gasteiger partial charge in [-0.05, 0) is 83.7 Å². The van der Waals surface area contributed by atoms with E-state index in [0.717, 1.165) is 34.5 Å². The first-order valence-corrected chi connectivity index (χ1v) is 16.1. The number of para-hydroxylation sites is 1. The van der Waals surface area contributed by atoms with Gasteiger partial charge in [0.05, 0.1) is 17.7 Å². The molecule has 0 bridgehead atoms. The minimum Gasteiger partial charge on any atom is -0.548 e. The van der Waals surface area contributed by atoms with Gasteiger partial charge in [0.2, 0.25) is 0 Å². The first-order chi connectivity index (χ1) is 19.9. The van der Waals surface area contributed by atoms with Crippen molar-refractivity contribution >= 4 is 41.1 Å². The molecule has 0 aromatic heterocycles. The number of hydrogen-bond acceptors (Lipinski definition) is 6. The molecule has 0 radical (unpaired) electrons. The number of benzene rings is 4. The summed E-state index contributed by atoms with van der Waals surface area (Å²) in [7, 11) is 0. The molecule has 0 saturated carbocycles. The molecule has 1 N–H and O–H groups in total. The van der Waals surface area contributed by atoms with Crippen LogP contribution in [0.2, 0.25) is 0 Å². The second-order valence-corrected chi connectivity index (χ2v) is 11.7. The molecule has 4 aromatic rings. The summed E-state index contributed by atoms with van der Waals surface area (Å²) in [5.41, 5.74) is 6.59. The van der Waals surface area contributed by atoms with Crippen molar-refractivity contribution < 1.29 is 33.6 Å². The van der Waals surface area contributed by atoms with Crippen molar-refractivity contribution in [3.05, 3.63) is 119 Å². The molecule has 0 saturated heterocycles. The number of carboxylic acids is 1. The molecule has 0 spiro atoms. The maximum atomic E-state index is 13.5. The Bertz CT molecular complexity index is 1480. The molecule has 4 rings (SSSR count). The van der Waals surface area contributed by atoms with Gasteiger partial charge in [-0.3, -0.25) is 4.79 Å². The molecule has 8 heteroatoms. The number of rotatable bonds is 13. The SMILES string of the molecule is CSCCC(NC(=O)c1ccc(CN(Cc2ccccc2)c2ccccc2SC)cc1-c1ccccc1C)C(=O)[O-].[Li+]. The molecular weight excluding hydrogens is 555 g/mol. The van der Waals surface area contributed by atoms with Gasteiger partial charge in [0.25, 0.3) is 5.91 Å². The van der Waals surface area contributed by atoms with Crippen molar-refractivity contribution in [2.45, 2.75) is 37.4 Å². The number of carbonyl (C=O) groups is 2. The van der Waals surface area contributed by atoms with Crippen LogP contribution in [0, 0.1) is 6.92 Å². The maximum Gasteiger partial charge on any atom is 1.00 e. The van der Waals surface area contributed by atoms with Crippen LogP contribution in [0.4, 0.5) is 5.69 Å². The van der Waals surface area contributed by atoms with E-state index in [1.807, 2.05) is 55.6 Å². The van der Waals surface area contributed by atoms with E-state index in [9.17, 15) is 14.7 Å². The van der Waals surface area contributed by atoms with Gasteiger partial charge in [-0.15, -0.1) is 11.8 Å². The molecule has 1 atom stereocenters. The van der Waals surface area contributed by atoms with Crippen LogP contribution >= 0.6 is 23.5 Å². The van der Waals surface area contributed by atoms with E-state index in [4.69, 9.17) is 0 Å². The number of aryl methyl sites for hydroxylation is 1. The number of anilines is 1. The number of nitrogens with one attached hydrogen (secondary N) is 1. The number of nitrogens with zero attached hydrogens (tertiary/aromatic N) is 1. The fourth-order valence-electron chi connectivity index (χ4n) is 4.85. The molecule has 5 nitrogen and oxygen atoms in total. The standard InChI is InChI=1S/C34H36N2O3S2.Li/c1-24-11-7-8-14-27(24)29-21-26(17-18-28(29)33(37)35-30(34(38)39)19-20-40-2)23-36(22-25-12-5-4-6-13-25)31-15-9-10-16-32(31)41-3;/h4-18,21,30H,19-20,22-23H2,1-3H3,(H,35,37)(H,38,39);/q;+1/p-1. The molecule has 0 aliphatic carbocycles. The van der Waals surface area contributed by atoms with Crippen LogP contribution in [0.5, 0.6) is 0 Å². The Balaban J connectivity index is 0.00000484. The second-order valence-electron chi connectivity index (χ2n) is 9.83. The van der Waals surface area contributed by atoms with Gasteiger partial charge in [0.1, 0.15) is 0 Å². The molecule has 0 aliphatic heterocycles. The number of hydrogen-bond donors (Lipinski definition) is 1. The summed E-state index contributed by atoms with van der Waals surface area (Å²) in [5.74, 6) is -1.08. The van der Waals surface area contributed by atoms with Crippen molar-refractivity contribution in [3.8, 4) is 11.1 Å². The summed E-state index contributed by atoms with van der Waals surface area (Å²) in [6.45, 7) is 3.37. The Hall–Kier alpha value is -3.08. The minimum atomic E-state index is -1.27. The van der Waals surface area contributed by atoms with Crippen LogP contribution in [0.15, 0.2) is 102 Å². The normalized spacial score (nSPS) is 11.3. The molecule has 0 heterocycles. The van der Waals surface area contributed by atoms with Gasteiger partial charge in [0.15, 0.2) is 0 Å². The Kier molecular flexibility index (Phi) is 13.2. The number of thioether (sulfide) groups is 2. The second kappa shape index (κ2) is 16.5. The van der Waals surface area contributed by atoms with Gasteiger partial charge < -0.3 is 20.1 Å². The minimum absolute atomic E-state index is 0. The van der Waals surface area contributed by atoms with Crippen molar-refractivity contribution in [1.82, 2.24) is 5.32 Å². The first-order valence-electron chi connectivity index (χ1n) is 13.5. The van der Waals surface area contributed by atoms with E-state index in [1.165, 1.54) is 22.2 Å². The largest absolute Gasteiger partial charge is 1.00 e. The topological polar surface area (TPSA) is 72.5 Å². The van der Waals surface area contributed by atoms with Crippen LogP contribution in [0.3, 0.4) is 0 Å². The molecule has 4 aromatic carbocycles. The van der Waals surface area contributed by atoms with Gasteiger partial charge in [-0.1, -0.05) is 72.8 Å². The third-order valence-electron chi connectivity index (χ3n) is 6.98. The average molecular weight is 591 g/mol. The van der Waals surface area contributed by atoms with Crippen molar-refractivity contribution in [2.24, 2.45) is 0 Å². The number of carboxylic acid groups (broad SMARTS) is 1. The molecule has 42 heavy (non-hydrogen) atoms. The Labute approximate surface area is 269 Å². The van der Waals surface area contributed by atoms with Crippen LogP contribution in [0.1, 0.15) is 33.5 Å². The summed E-state index contributed by atoms with van der Waals surface area (Å²) in [6, 6.07) is 31.5. The quantitative estimate of drug-likeness (QED) is 0.191. The monoisotopic (exact) mass is 590 g/mol. The zero-order valence-corrected chi connectivity index (χ0v) is 26.3. The van der Waals surface area contributed by atoms with Crippen molar-refractivity contribution in [1.29, 1.82) is 0 Å². The van der Waals surface area contributed by atoms with Crippen molar-refractivity contribution in [2.75, 3.05) is 23.2 Å². The fourth-order valence-corrected chi connectivity index (χ4v) is 5.94. The fraction of sp³-hybridized carbons (Fsp3) is 0.235. The maximum absolute atomic E-state index is 13.5.